The van der Waals surface area contributed by atoms with Crippen LogP contribution in [0.4, 0.5) is 13.2 Å². The molecule has 126 valence electrons. The number of rotatable bonds is 5. The molecule has 0 N–H and O–H groups in total. The summed E-state index contributed by atoms with van der Waals surface area (Å²) in [7, 11) is -4.33. The largest absolute Gasteiger partial charge is 0.402 e. The van der Waals surface area contributed by atoms with Crippen LogP contribution in [0.5, 0.6) is 0 Å². The summed E-state index contributed by atoms with van der Waals surface area (Å²) in [4.78, 5) is -0.218. The minimum atomic E-state index is -4.64. The van der Waals surface area contributed by atoms with Crippen LogP contribution in [0, 0.1) is 6.92 Å². The first kappa shape index (κ1) is 18.3. The first-order valence-corrected chi connectivity index (χ1v) is 9.20. The highest BCUT2D eigenvalue weighted by Gasteiger charge is 2.37. The third-order valence-corrected chi connectivity index (χ3v) is 6.21. The second-order valence-corrected chi connectivity index (χ2v) is 7.98. The summed E-state index contributed by atoms with van der Waals surface area (Å²) in [5.41, 5.74) is 0.731. The topological polar surface area (TPSA) is 37.4 Å². The molecule has 0 atom stereocenters. The van der Waals surface area contributed by atoms with E-state index in [1.807, 2.05) is 0 Å². The Morgan fingerprint density at radius 3 is 2.52 bits per heavy atom. The highest BCUT2D eigenvalue weighted by Crippen LogP contribution is 2.29. The number of sulfonamides is 1. The summed E-state index contributed by atoms with van der Waals surface area (Å²) < 4.78 is 64.3. The molecule has 0 fully saturated rings. The molecule has 9 heteroatoms. The maximum atomic E-state index is 12.8. The van der Waals surface area contributed by atoms with Gasteiger partial charge in [-0.15, -0.1) is 0 Å². The van der Waals surface area contributed by atoms with Gasteiger partial charge in [0.25, 0.3) is 0 Å². The van der Waals surface area contributed by atoms with E-state index in [0.29, 0.717) is 9.87 Å². The maximum absolute atomic E-state index is 12.8. The molecule has 0 radical (unpaired) electrons. The normalized spacial score (nSPS) is 12.8. The van der Waals surface area contributed by atoms with Crippen LogP contribution in [-0.2, 0) is 16.6 Å². The van der Waals surface area contributed by atoms with E-state index in [9.17, 15) is 21.6 Å². The lowest BCUT2D eigenvalue weighted by Gasteiger charge is -2.24. The number of benzene rings is 1. The SMILES string of the molecule is Cc1c(Cl)cccc1S(=O)(=O)N(Cc1ccsc1)CC(F)(F)F. The van der Waals surface area contributed by atoms with Crippen LogP contribution in [0.3, 0.4) is 0 Å². The fourth-order valence-electron chi connectivity index (χ4n) is 2.02. The predicted molar refractivity (Wildman–Crippen MR) is 84.2 cm³/mol. The molecule has 0 saturated heterocycles. The molecule has 23 heavy (non-hydrogen) atoms. The fourth-order valence-corrected chi connectivity index (χ4v) is 4.57. The molecule has 0 spiro atoms. The number of hydrogen-bond acceptors (Lipinski definition) is 3. The first-order chi connectivity index (χ1) is 10.6. The lowest BCUT2D eigenvalue weighted by molar-refractivity contribution is -0.136. The Bertz CT molecular complexity index is 774. The molecule has 0 saturated carbocycles. The molecular formula is C14H13ClF3NO2S2. The van der Waals surface area contributed by atoms with Crippen LogP contribution in [0.1, 0.15) is 11.1 Å². The molecule has 0 aliphatic heterocycles. The van der Waals surface area contributed by atoms with Crippen molar-refractivity contribution in [1.82, 2.24) is 4.31 Å². The summed E-state index contributed by atoms with van der Waals surface area (Å²) in [5, 5.41) is 3.48. The molecule has 1 aromatic heterocycles. The van der Waals surface area contributed by atoms with Gasteiger partial charge in [-0.3, -0.25) is 0 Å². The third-order valence-electron chi connectivity index (χ3n) is 3.13. The average Bonchev–Trinajstić information content (AvgIpc) is 2.92. The molecule has 0 aliphatic rings. The van der Waals surface area contributed by atoms with Crippen molar-refractivity contribution in [2.24, 2.45) is 0 Å². The molecule has 0 unspecified atom stereocenters. The van der Waals surface area contributed by atoms with Crippen molar-refractivity contribution in [3.05, 3.63) is 51.2 Å². The first-order valence-electron chi connectivity index (χ1n) is 6.44. The van der Waals surface area contributed by atoms with Crippen molar-refractivity contribution in [3.63, 3.8) is 0 Å². The molecule has 0 aliphatic carbocycles. The minimum Gasteiger partial charge on any atom is -0.207 e. The number of hydrogen-bond donors (Lipinski definition) is 0. The Labute approximate surface area is 141 Å². The molecule has 1 heterocycles. The number of thiophene rings is 1. The van der Waals surface area contributed by atoms with Crippen molar-refractivity contribution < 1.29 is 21.6 Å². The van der Waals surface area contributed by atoms with Gasteiger partial charge in [-0.05, 0) is 47.0 Å². The van der Waals surface area contributed by atoms with Gasteiger partial charge in [-0.1, -0.05) is 17.7 Å². The Morgan fingerprint density at radius 2 is 1.96 bits per heavy atom. The van der Waals surface area contributed by atoms with Crippen molar-refractivity contribution >= 4 is 33.0 Å². The van der Waals surface area contributed by atoms with Gasteiger partial charge in [-0.2, -0.15) is 28.8 Å². The van der Waals surface area contributed by atoms with E-state index in [-0.39, 0.29) is 22.0 Å². The van der Waals surface area contributed by atoms with Crippen molar-refractivity contribution in [2.75, 3.05) is 6.54 Å². The van der Waals surface area contributed by atoms with E-state index >= 15 is 0 Å². The van der Waals surface area contributed by atoms with E-state index in [4.69, 9.17) is 11.6 Å². The van der Waals surface area contributed by atoms with Crippen LogP contribution in [0.25, 0.3) is 0 Å². The van der Waals surface area contributed by atoms with Crippen LogP contribution in [-0.4, -0.2) is 25.4 Å². The van der Waals surface area contributed by atoms with Crippen LogP contribution >= 0.6 is 22.9 Å². The molecule has 2 aromatic rings. The molecule has 0 bridgehead atoms. The lowest BCUT2D eigenvalue weighted by atomic mass is 10.2. The van der Waals surface area contributed by atoms with Gasteiger partial charge < -0.3 is 0 Å². The number of nitrogens with zero attached hydrogens (tertiary/aromatic N) is 1. The van der Waals surface area contributed by atoms with Gasteiger partial charge in [0.1, 0.15) is 6.54 Å². The Morgan fingerprint density at radius 1 is 1.26 bits per heavy atom. The molecule has 1 aromatic carbocycles. The van der Waals surface area contributed by atoms with Gasteiger partial charge in [-0.25, -0.2) is 8.42 Å². The monoisotopic (exact) mass is 383 g/mol. The molecule has 2 rings (SSSR count). The van der Waals surface area contributed by atoms with Crippen molar-refractivity contribution in [3.8, 4) is 0 Å². The highest BCUT2D eigenvalue weighted by atomic mass is 35.5. The van der Waals surface area contributed by atoms with Crippen LogP contribution < -0.4 is 0 Å². The van der Waals surface area contributed by atoms with E-state index in [1.54, 1.807) is 16.8 Å². The predicted octanol–water partition coefficient (Wildman–Crippen LogP) is 4.46. The van der Waals surface area contributed by atoms with Crippen molar-refractivity contribution in [1.29, 1.82) is 0 Å². The highest BCUT2D eigenvalue weighted by molar-refractivity contribution is 7.89. The average molecular weight is 384 g/mol. The quantitative estimate of drug-likeness (QED) is 0.764. The lowest BCUT2D eigenvalue weighted by Crippen LogP contribution is -2.38. The second-order valence-electron chi connectivity index (χ2n) is 4.88. The zero-order chi connectivity index (χ0) is 17.3. The minimum absolute atomic E-state index is 0.188. The molecule has 0 amide bonds. The molecule has 3 nitrogen and oxygen atoms in total. The third kappa shape index (κ3) is 4.47. The summed E-state index contributed by atoms with van der Waals surface area (Å²) in [6.45, 7) is -0.444. The summed E-state index contributed by atoms with van der Waals surface area (Å²) in [5.74, 6) is 0. The summed E-state index contributed by atoms with van der Waals surface area (Å²) in [6.07, 6.45) is -4.64. The smallest absolute Gasteiger partial charge is 0.207 e. The standard InChI is InChI=1S/C14H13ClF3NO2S2/c1-10-12(15)3-2-4-13(10)23(20,21)19(9-14(16,17)18)7-11-5-6-22-8-11/h2-6,8H,7,9H2,1H3. The van der Waals surface area contributed by atoms with E-state index < -0.39 is 22.7 Å². The number of halogens is 4. The summed E-state index contributed by atoms with van der Waals surface area (Å²) >= 11 is 7.18. The van der Waals surface area contributed by atoms with E-state index in [2.05, 4.69) is 0 Å². The van der Waals surface area contributed by atoms with Gasteiger partial charge in [0.2, 0.25) is 10.0 Å². The van der Waals surface area contributed by atoms with Crippen LogP contribution in [0.2, 0.25) is 5.02 Å². The van der Waals surface area contributed by atoms with Gasteiger partial charge in [0.15, 0.2) is 0 Å². The second kappa shape index (κ2) is 6.80. The zero-order valence-electron chi connectivity index (χ0n) is 12.0. The zero-order valence-corrected chi connectivity index (χ0v) is 14.4. The maximum Gasteiger partial charge on any atom is 0.402 e. The Balaban J connectivity index is 2.45. The van der Waals surface area contributed by atoms with Crippen LogP contribution in [0.15, 0.2) is 39.9 Å². The summed E-state index contributed by atoms with van der Waals surface area (Å²) in [6, 6.07) is 5.74. The van der Waals surface area contributed by atoms with Crippen molar-refractivity contribution in [2.45, 2.75) is 24.5 Å². The molecular weight excluding hydrogens is 371 g/mol. The fraction of sp³-hybridized carbons (Fsp3) is 0.286. The number of alkyl halides is 3. The van der Waals surface area contributed by atoms with Gasteiger partial charge >= 0.3 is 6.18 Å². The van der Waals surface area contributed by atoms with Gasteiger partial charge in [0, 0.05) is 11.6 Å². The Hall–Kier alpha value is -1.09. The van der Waals surface area contributed by atoms with Gasteiger partial charge in [0.05, 0.1) is 4.90 Å². The Kier molecular flexibility index (Phi) is 5.40. The van der Waals surface area contributed by atoms with E-state index in [0.717, 1.165) is 0 Å². The van der Waals surface area contributed by atoms with E-state index in [1.165, 1.54) is 36.5 Å².